The number of nitrogens with zero attached hydrogens (tertiary/aromatic N) is 2. The van der Waals surface area contributed by atoms with Crippen molar-refractivity contribution in [2.75, 3.05) is 6.54 Å². The Labute approximate surface area is 186 Å². The van der Waals surface area contributed by atoms with Gasteiger partial charge in [-0.1, -0.05) is 47.8 Å². The van der Waals surface area contributed by atoms with Crippen LogP contribution in [0.2, 0.25) is 10.0 Å². The predicted octanol–water partition coefficient (Wildman–Crippen LogP) is 5.01. The van der Waals surface area contributed by atoms with Crippen molar-refractivity contribution in [2.45, 2.75) is 31.3 Å². The Morgan fingerprint density at radius 1 is 1.20 bits per heavy atom. The Balaban J connectivity index is 1.65. The average Bonchev–Trinajstić information content (AvgIpc) is 3.19. The van der Waals surface area contributed by atoms with E-state index in [-0.39, 0.29) is 18.0 Å². The summed E-state index contributed by atoms with van der Waals surface area (Å²) >= 11 is 12.3. The van der Waals surface area contributed by atoms with Crippen molar-refractivity contribution in [2.24, 2.45) is 7.05 Å². The number of carbonyl (C=O) groups is 1. The molecule has 1 fully saturated rings. The number of amides is 1. The lowest BCUT2D eigenvalue weighted by Crippen LogP contribution is -2.46. The largest absolute Gasteiger partial charge is 0.344 e. The quantitative estimate of drug-likeness (QED) is 0.583. The van der Waals surface area contributed by atoms with Gasteiger partial charge in [-0.2, -0.15) is 5.10 Å². The summed E-state index contributed by atoms with van der Waals surface area (Å²) in [6, 6.07) is 13.2. The standard InChI is InChI=1S/C23H24Cl2N4O/c1-29-14-17(13-27-29)15-5-4-6-16(11-15)22(21-7-2-3-10-26-21)28-23(30)19-9-8-18(24)12-20(19)25/h4-6,8-9,11-14,21-22,26H,2-3,7,10H2,1H3,(H,28,30)/t21-,22-/m0/s1. The first-order valence-corrected chi connectivity index (χ1v) is 10.8. The van der Waals surface area contributed by atoms with Crippen LogP contribution >= 0.6 is 23.2 Å². The number of carbonyl (C=O) groups excluding carboxylic acids is 1. The van der Waals surface area contributed by atoms with E-state index in [1.165, 1.54) is 0 Å². The minimum absolute atomic E-state index is 0.151. The van der Waals surface area contributed by atoms with Crippen LogP contribution in [-0.2, 0) is 7.05 Å². The highest BCUT2D eigenvalue weighted by Gasteiger charge is 2.27. The maximum Gasteiger partial charge on any atom is 0.253 e. The van der Waals surface area contributed by atoms with E-state index >= 15 is 0 Å². The molecule has 30 heavy (non-hydrogen) atoms. The molecular formula is C23H24Cl2N4O. The molecule has 2 N–H and O–H groups in total. The van der Waals surface area contributed by atoms with E-state index < -0.39 is 0 Å². The third-order valence-corrected chi connectivity index (χ3v) is 6.04. The molecule has 7 heteroatoms. The Kier molecular flexibility index (Phi) is 6.42. The second-order valence-electron chi connectivity index (χ2n) is 7.66. The molecule has 1 saturated heterocycles. The normalized spacial score (nSPS) is 17.5. The molecule has 0 aliphatic carbocycles. The molecule has 1 aromatic heterocycles. The summed E-state index contributed by atoms with van der Waals surface area (Å²) in [5.41, 5.74) is 3.58. The van der Waals surface area contributed by atoms with E-state index in [4.69, 9.17) is 23.2 Å². The van der Waals surface area contributed by atoms with Crippen molar-refractivity contribution in [1.82, 2.24) is 20.4 Å². The summed E-state index contributed by atoms with van der Waals surface area (Å²) in [7, 11) is 1.90. The number of rotatable bonds is 5. The molecule has 0 radical (unpaired) electrons. The van der Waals surface area contributed by atoms with E-state index in [9.17, 15) is 4.79 Å². The number of aryl methyl sites for hydroxylation is 1. The fourth-order valence-electron chi connectivity index (χ4n) is 3.95. The molecule has 0 spiro atoms. The molecular weight excluding hydrogens is 419 g/mol. The van der Waals surface area contributed by atoms with Gasteiger partial charge in [0.15, 0.2) is 0 Å². The van der Waals surface area contributed by atoms with Gasteiger partial charge in [-0.15, -0.1) is 0 Å². The summed E-state index contributed by atoms with van der Waals surface area (Å²) in [4.78, 5) is 13.1. The summed E-state index contributed by atoms with van der Waals surface area (Å²) in [5.74, 6) is -0.208. The molecule has 4 rings (SSSR count). The van der Waals surface area contributed by atoms with Gasteiger partial charge in [-0.05, 0) is 54.8 Å². The number of piperidine rings is 1. The summed E-state index contributed by atoms with van der Waals surface area (Å²) in [6.45, 7) is 0.945. The van der Waals surface area contributed by atoms with Crippen molar-refractivity contribution < 1.29 is 4.79 Å². The van der Waals surface area contributed by atoms with E-state index in [0.717, 1.165) is 42.5 Å². The lowest BCUT2D eigenvalue weighted by Gasteiger charge is -2.32. The Bertz CT molecular complexity index is 1040. The SMILES string of the molecule is Cn1cc(-c2cccc([C@H](NC(=O)c3ccc(Cl)cc3Cl)[C@@H]3CCCCN3)c2)cn1. The molecule has 0 unspecified atom stereocenters. The van der Waals surface area contributed by atoms with Crippen LogP contribution in [0.4, 0.5) is 0 Å². The molecule has 1 aliphatic rings. The van der Waals surface area contributed by atoms with Crippen LogP contribution < -0.4 is 10.6 Å². The van der Waals surface area contributed by atoms with Crippen molar-refractivity contribution >= 4 is 29.1 Å². The van der Waals surface area contributed by atoms with E-state index in [2.05, 4.69) is 33.9 Å². The van der Waals surface area contributed by atoms with Crippen LogP contribution in [-0.4, -0.2) is 28.3 Å². The van der Waals surface area contributed by atoms with Crippen molar-refractivity contribution in [3.8, 4) is 11.1 Å². The number of benzene rings is 2. The Morgan fingerprint density at radius 3 is 2.77 bits per heavy atom. The van der Waals surface area contributed by atoms with Gasteiger partial charge in [0.1, 0.15) is 0 Å². The minimum Gasteiger partial charge on any atom is -0.344 e. The molecule has 1 aliphatic heterocycles. The summed E-state index contributed by atoms with van der Waals surface area (Å²) in [5, 5.41) is 11.9. The van der Waals surface area contributed by atoms with Crippen molar-refractivity contribution in [3.63, 3.8) is 0 Å². The van der Waals surface area contributed by atoms with E-state index in [1.54, 1.807) is 22.9 Å². The zero-order chi connectivity index (χ0) is 21.1. The second kappa shape index (κ2) is 9.21. The fraction of sp³-hybridized carbons (Fsp3) is 0.304. The van der Waals surface area contributed by atoms with E-state index in [0.29, 0.717) is 15.6 Å². The van der Waals surface area contributed by atoms with Crippen LogP contribution in [0.25, 0.3) is 11.1 Å². The third kappa shape index (κ3) is 4.69. The predicted molar refractivity (Wildman–Crippen MR) is 121 cm³/mol. The molecule has 2 heterocycles. The maximum absolute atomic E-state index is 13.1. The first kappa shape index (κ1) is 20.9. The third-order valence-electron chi connectivity index (χ3n) is 5.50. The van der Waals surface area contributed by atoms with Gasteiger partial charge < -0.3 is 10.6 Å². The van der Waals surface area contributed by atoms with Gasteiger partial charge >= 0.3 is 0 Å². The lowest BCUT2D eigenvalue weighted by molar-refractivity contribution is 0.0923. The van der Waals surface area contributed by atoms with Gasteiger partial charge in [0.25, 0.3) is 5.91 Å². The lowest BCUT2D eigenvalue weighted by atomic mass is 9.91. The van der Waals surface area contributed by atoms with Crippen LogP contribution in [0.3, 0.4) is 0 Å². The van der Waals surface area contributed by atoms with Crippen molar-refractivity contribution in [3.05, 3.63) is 76.0 Å². The summed E-state index contributed by atoms with van der Waals surface area (Å²) < 4.78 is 1.78. The highest BCUT2D eigenvalue weighted by Crippen LogP contribution is 2.29. The number of halogens is 2. The fourth-order valence-corrected chi connectivity index (χ4v) is 4.45. The van der Waals surface area contributed by atoms with Gasteiger partial charge in [-0.25, -0.2) is 0 Å². The summed E-state index contributed by atoms with van der Waals surface area (Å²) in [6.07, 6.45) is 7.11. The minimum atomic E-state index is -0.208. The smallest absolute Gasteiger partial charge is 0.253 e. The molecule has 2 atom stereocenters. The number of aromatic nitrogens is 2. The van der Waals surface area contributed by atoms with Gasteiger partial charge in [0.05, 0.1) is 22.8 Å². The first-order chi connectivity index (χ1) is 14.5. The molecule has 0 bridgehead atoms. The van der Waals surface area contributed by atoms with E-state index in [1.807, 2.05) is 25.5 Å². The highest BCUT2D eigenvalue weighted by molar-refractivity contribution is 6.36. The molecule has 3 aromatic rings. The van der Waals surface area contributed by atoms with Gasteiger partial charge in [0, 0.05) is 29.9 Å². The Morgan fingerprint density at radius 2 is 2.07 bits per heavy atom. The topological polar surface area (TPSA) is 59.0 Å². The molecule has 156 valence electrons. The van der Waals surface area contributed by atoms with Crippen LogP contribution in [0.15, 0.2) is 54.9 Å². The van der Waals surface area contributed by atoms with Crippen LogP contribution in [0.5, 0.6) is 0 Å². The Hall–Kier alpha value is -2.34. The number of hydrogen-bond acceptors (Lipinski definition) is 3. The van der Waals surface area contributed by atoms with Crippen LogP contribution in [0.1, 0.15) is 41.2 Å². The van der Waals surface area contributed by atoms with Gasteiger partial charge in [0.2, 0.25) is 0 Å². The zero-order valence-corrected chi connectivity index (χ0v) is 18.2. The number of nitrogens with one attached hydrogen (secondary N) is 2. The molecule has 2 aromatic carbocycles. The first-order valence-electron chi connectivity index (χ1n) is 10.1. The monoisotopic (exact) mass is 442 g/mol. The van der Waals surface area contributed by atoms with Gasteiger partial charge in [-0.3, -0.25) is 9.48 Å². The highest BCUT2D eigenvalue weighted by atomic mass is 35.5. The van der Waals surface area contributed by atoms with Crippen LogP contribution in [0, 0.1) is 0 Å². The average molecular weight is 443 g/mol. The molecule has 0 saturated carbocycles. The second-order valence-corrected chi connectivity index (χ2v) is 8.50. The zero-order valence-electron chi connectivity index (χ0n) is 16.7. The van der Waals surface area contributed by atoms with Crippen molar-refractivity contribution in [1.29, 1.82) is 0 Å². The number of hydrogen-bond donors (Lipinski definition) is 2. The molecule has 5 nitrogen and oxygen atoms in total. The maximum atomic E-state index is 13.1. The molecule has 1 amide bonds.